The largest absolute Gasteiger partial charge is 0.462 e. The number of hydrogen-bond donors (Lipinski definition) is 1. The van der Waals surface area contributed by atoms with E-state index < -0.39 is 11.9 Å². The molecule has 0 unspecified atom stereocenters. The van der Waals surface area contributed by atoms with Crippen LogP contribution in [0.15, 0.2) is 59.7 Å². The summed E-state index contributed by atoms with van der Waals surface area (Å²) >= 11 is 0. The molecular formula is C21H22N2O4. The smallest absolute Gasteiger partial charge is 0.359 e. The van der Waals surface area contributed by atoms with Gasteiger partial charge in [0.05, 0.1) is 24.5 Å². The van der Waals surface area contributed by atoms with Gasteiger partial charge in [-0.1, -0.05) is 42.5 Å². The number of rotatable bonds is 1. The van der Waals surface area contributed by atoms with Gasteiger partial charge in [-0.05, 0) is 37.8 Å². The van der Waals surface area contributed by atoms with Crippen LogP contribution in [0.5, 0.6) is 0 Å². The molecule has 140 valence electrons. The lowest BCUT2D eigenvalue weighted by Crippen LogP contribution is -2.21. The van der Waals surface area contributed by atoms with Gasteiger partial charge in [-0.3, -0.25) is 5.43 Å². The lowest BCUT2D eigenvalue weighted by molar-refractivity contribution is -0.135. The molecule has 2 aromatic rings. The Morgan fingerprint density at radius 1 is 0.741 bits per heavy atom. The van der Waals surface area contributed by atoms with Crippen LogP contribution in [0.4, 0.5) is 5.69 Å². The summed E-state index contributed by atoms with van der Waals surface area (Å²) in [5, 5.41) is 4.25. The van der Waals surface area contributed by atoms with Gasteiger partial charge in [0.15, 0.2) is 5.71 Å². The molecule has 1 heterocycles. The van der Waals surface area contributed by atoms with Gasteiger partial charge < -0.3 is 9.47 Å². The highest BCUT2D eigenvalue weighted by Gasteiger charge is 2.18. The normalized spacial score (nSPS) is 16.5. The zero-order valence-corrected chi connectivity index (χ0v) is 15.0. The minimum Gasteiger partial charge on any atom is -0.462 e. The van der Waals surface area contributed by atoms with E-state index in [1.165, 1.54) is 0 Å². The Morgan fingerprint density at radius 2 is 1.37 bits per heavy atom. The maximum Gasteiger partial charge on any atom is 0.359 e. The fourth-order valence-corrected chi connectivity index (χ4v) is 2.73. The first-order valence-electron chi connectivity index (χ1n) is 9.08. The average Bonchev–Trinajstić information content (AvgIpc) is 2.71. The van der Waals surface area contributed by atoms with Crippen LogP contribution in [0.1, 0.15) is 41.6 Å². The number of ether oxygens (including phenoxy) is 2. The monoisotopic (exact) mass is 366 g/mol. The molecule has 2 aromatic carbocycles. The van der Waals surface area contributed by atoms with Gasteiger partial charge >= 0.3 is 11.9 Å². The standard InChI is InChI=1S/C21H22N2O4/c24-20-17-12-6-7-13-18(17)22-23-19(16-10-4-3-5-11-16)21(25)27-15-9-2-1-8-14-26-20/h3-7,10-13,22H,1-2,8-9,14-15H2. The summed E-state index contributed by atoms with van der Waals surface area (Å²) in [5.41, 5.74) is 4.47. The second-order valence-electron chi connectivity index (χ2n) is 6.17. The van der Waals surface area contributed by atoms with Crippen molar-refractivity contribution in [3.63, 3.8) is 0 Å². The summed E-state index contributed by atoms with van der Waals surface area (Å²) in [4.78, 5) is 24.9. The van der Waals surface area contributed by atoms with Crippen LogP contribution in [-0.4, -0.2) is 30.9 Å². The van der Waals surface area contributed by atoms with Gasteiger partial charge in [-0.2, -0.15) is 5.10 Å². The molecule has 6 nitrogen and oxygen atoms in total. The molecule has 0 radical (unpaired) electrons. The molecular weight excluding hydrogens is 344 g/mol. The van der Waals surface area contributed by atoms with Crippen LogP contribution in [0, 0.1) is 0 Å². The number of esters is 2. The van der Waals surface area contributed by atoms with E-state index in [1.54, 1.807) is 36.4 Å². The first kappa shape index (κ1) is 18.6. The maximum absolute atomic E-state index is 12.5. The number of carbonyl (C=O) groups is 2. The highest BCUT2D eigenvalue weighted by atomic mass is 16.5. The van der Waals surface area contributed by atoms with Crippen LogP contribution in [0.3, 0.4) is 0 Å². The number of para-hydroxylation sites is 1. The van der Waals surface area contributed by atoms with Crippen LogP contribution >= 0.6 is 0 Å². The molecule has 0 aromatic heterocycles. The fourth-order valence-electron chi connectivity index (χ4n) is 2.73. The Bertz CT molecular complexity index is 818. The Labute approximate surface area is 158 Å². The van der Waals surface area contributed by atoms with Gasteiger partial charge in [-0.25, -0.2) is 9.59 Å². The second kappa shape index (κ2) is 9.52. The first-order chi connectivity index (χ1) is 13.3. The predicted molar refractivity (Wildman–Crippen MR) is 103 cm³/mol. The number of carbonyl (C=O) groups excluding carboxylic acids is 2. The molecule has 0 fully saturated rings. The minimum absolute atomic E-state index is 0.161. The Balaban J connectivity index is 1.93. The zero-order valence-electron chi connectivity index (χ0n) is 15.0. The summed E-state index contributed by atoms with van der Waals surface area (Å²) in [6.45, 7) is 0.701. The van der Waals surface area contributed by atoms with Crippen molar-refractivity contribution >= 4 is 23.3 Å². The van der Waals surface area contributed by atoms with Gasteiger partial charge in [-0.15, -0.1) is 0 Å². The van der Waals surface area contributed by atoms with Gasteiger partial charge in [0.2, 0.25) is 0 Å². The van der Waals surface area contributed by atoms with Crippen molar-refractivity contribution < 1.29 is 19.1 Å². The van der Waals surface area contributed by atoms with Crippen LogP contribution in [-0.2, 0) is 14.3 Å². The third kappa shape index (κ3) is 5.17. The second-order valence-corrected chi connectivity index (χ2v) is 6.17. The predicted octanol–water partition coefficient (Wildman–Crippen LogP) is 3.78. The number of nitrogens with one attached hydrogen (secondary N) is 1. The van der Waals surface area contributed by atoms with E-state index in [0.29, 0.717) is 30.0 Å². The number of nitrogens with zero attached hydrogens (tertiary/aromatic N) is 1. The van der Waals surface area contributed by atoms with Crippen molar-refractivity contribution in [2.75, 3.05) is 18.6 Å². The van der Waals surface area contributed by atoms with E-state index in [0.717, 1.165) is 25.7 Å². The van der Waals surface area contributed by atoms with E-state index >= 15 is 0 Å². The Kier molecular flexibility index (Phi) is 6.57. The van der Waals surface area contributed by atoms with Crippen molar-refractivity contribution in [2.24, 2.45) is 5.10 Å². The van der Waals surface area contributed by atoms with Crippen LogP contribution in [0.2, 0.25) is 0 Å². The molecule has 3 rings (SSSR count). The number of anilines is 1. The highest BCUT2D eigenvalue weighted by Crippen LogP contribution is 2.17. The van der Waals surface area contributed by atoms with E-state index in [2.05, 4.69) is 10.5 Å². The quantitative estimate of drug-likeness (QED) is 0.777. The highest BCUT2D eigenvalue weighted by molar-refractivity contribution is 6.43. The van der Waals surface area contributed by atoms with Gasteiger partial charge in [0, 0.05) is 5.56 Å². The van der Waals surface area contributed by atoms with Crippen molar-refractivity contribution in [3.05, 3.63) is 65.7 Å². The van der Waals surface area contributed by atoms with Crippen molar-refractivity contribution in [1.82, 2.24) is 0 Å². The molecule has 0 saturated heterocycles. The minimum atomic E-state index is -0.497. The third-order valence-electron chi connectivity index (χ3n) is 4.18. The van der Waals surface area contributed by atoms with Crippen molar-refractivity contribution in [2.45, 2.75) is 25.7 Å². The zero-order chi connectivity index (χ0) is 18.9. The molecule has 1 aliphatic rings. The molecule has 6 heteroatoms. The van der Waals surface area contributed by atoms with E-state index in [9.17, 15) is 9.59 Å². The summed E-state index contributed by atoms with van der Waals surface area (Å²) in [7, 11) is 0. The SMILES string of the molecule is O=C1OCCCCCCOC(=O)c2ccccc2NN=C1c1ccccc1. The fraction of sp³-hybridized carbons (Fsp3) is 0.286. The summed E-state index contributed by atoms with van der Waals surface area (Å²) in [6, 6.07) is 16.0. The third-order valence-corrected chi connectivity index (χ3v) is 4.18. The molecule has 0 atom stereocenters. The molecule has 1 aliphatic heterocycles. The molecule has 27 heavy (non-hydrogen) atoms. The molecule has 0 spiro atoms. The van der Waals surface area contributed by atoms with E-state index in [1.807, 2.05) is 18.2 Å². The maximum atomic E-state index is 12.5. The van der Waals surface area contributed by atoms with E-state index in [-0.39, 0.29) is 5.71 Å². The van der Waals surface area contributed by atoms with Gasteiger partial charge in [0.25, 0.3) is 0 Å². The Morgan fingerprint density at radius 3 is 2.11 bits per heavy atom. The average molecular weight is 366 g/mol. The summed E-state index contributed by atoms with van der Waals surface area (Å²) in [5.74, 6) is -0.907. The molecule has 0 aliphatic carbocycles. The molecule has 0 bridgehead atoms. The Hall–Kier alpha value is -3.15. The number of benzene rings is 2. The first-order valence-corrected chi connectivity index (χ1v) is 9.08. The van der Waals surface area contributed by atoms with Crippen LogP contribution < -0.4 is 5.43 Å². The van der Waals surface area contributed by atoms with Crippen molar-refractivity contribution in [3.8, 4) is 0 Å². The lowest BCUT2D eigenvalue weighted by atomic mass is 10.1. The van der Waals surface area contributed by atoms with E-state index in [4.69, 9.17) is 9.47 Å². The number of fused-ring (bicyclic) bond motifs is 1. The molecule has 0 saturated carbocycles. The van der Waals surface area contributed by atoms with Crippen molar-refractivity contribution in [1.29, 1.82) is 0 Å². The van der Waals surface area contributed by atoms with Crippen LogP contribution in [0.25, 0.3) is 0 Å². The molecule has 0 amide bonds. The summed E-state index contributed by atoms with van der Waals surface area (Å²) in [6.07, 6.45) is 3.35. The topological polar surface area (TPSA) is 77.0 Å². The number of hydrogen-bond acceptors (Lipinski definition) is 6. The number of hydrazone groups is 1. The summed E-state index contributed by atoms with van der Waals surface area (Å²) < 4.78 is 10.7. The van der Waals surface area contributed by atoms with Gasteiger partial charge in [0.1, 0.15) is 0 Å². The lowest BCUT2D eigenvalue weighted by Gasteiger charge is -2.10. The molecule has 1 N–H and O–H groups in total. The number of cyclic esters (lactones) is 2.